The number of nitrogens with one attached hydrogen (secondary N) is 1. The molecule has 0 aromatic rings. The van der Waals surface area contributed by atoms with Crippen LogP contribution in [0.25, 0.3) is 0 Å². The largest absolute Gasteiger partial charge is 0.314 e. The second kappa shape index (κ2) is 5.76. The Bertz CT molecular complexity index is 290. The van der Waals surface area contributed by atoms with E-state index in [1.165, 1.54) is 45.1 Å². The van der Waals surface area contributed by atoms with Gasteiger partial charge >= 0.3 is 0 Å². The van der Waals surface area contributed by atoms with Gasteiger partial charge in [-0.15, -0.1) is 0 Å². The van der Waals surface area contributed by atoms with Gasteiger partial charge in [-0.25, -0.2) is 0 Å². The first kappa shape index (κ1) is 13.9. The van der Waals surface area contributed by atoms with Gasteiger partial charge in [0.25, 0.3) is 0 Å². The first-order valence-electron chi connectivity index (χ1n) is 8.94. The Morgan fingerprint density at radius 1 is 0.947 bits per heavy atom. The third-order valence-corrected chi connectivity index (χ3v) is 6.53. The zero-order chi connectivity index (χ0) is 13.3. The standard InChI is InChI=1S/C18H33N/c1-14(2)19-13-18(12-15-9-10-17(18)11-15)16-7-5-3-4-6-8-16/h14-17,19H,3-13H2,1-2H3. The zero-order valence-corrected chi connectivity index (χ0v) is 13.1. The minimum Gasteiger partial charge on any atom is -0.314 e. The molecule has 0 amide bonds. The summed E-state index contributed by atoms with van der Waals surface area (Å²) in [7, 11) is 0. The van der Waals surface area contributed by atoms with Gasteiger partial charge in [0.15, 0.2) is 0 Å². The Morgan fingerprint density at radius 3 is 2.21 bits per heavy atom. The van der Waals surface area contributed by atoms with Gasteiger partial charge in [0.2, 0.25) is 0 Å². The lowest BCUT2D eigenvalue weighted by Gasteiger charge is -2.45. The van der Waals surface area contributed by atoms with Crippen LogP contribution in [0.15, 0.2) is 0 Å². The van der Waals surface area contributed by atoms with Gasteiger partial charge in [0.05, 0.1) is 0 Å². The summed E-state index contributed by atoms with van der Waals surface area (Å²) in [6.07, 6.45) is 15.3. The number of hydrogen-bond acceptors (Lipinski definition) is 1. The Balaban J connectivity index is 1.75. The smallest absolute Gasteiger partial charge is 0.00156 e. The SMILES string of the molecule is CC(C)NCC1(C2CCCCCC2)CC2CCC1C2. The molecule has 2 bridgehead atoms. The van der Waals surface area contributed by atoms with Gasteiger partial charge in [-0.1, -0.05) is 46.0 Å². The fourth-order valence-corrected chi connectivity index (χ4v) is 5.60. The first-order valence-corrected chi connectivity index (χ1v) is 8.94. The van der Waals surface area contributed by atoms with Crippen LogP contribution in [0.2, 0.25) is 0 Å². The van der Waals surface area contributed by atoms with Crippen LogP contribution in [0.4, 0.5) is 0 Å². The fourth-order valence-electron chi connectivity index (χ4n) is 5.60. The quantitative estimate of drug-likeness (QED) is 0.721. The molecule has 3 rings (SSSR count). The van der Waals surface area contributed by atoms with Crippen molar-refractivity contribution < 1.29 is 0 Å². The molecule has 3 atom stereocenters. The maximum atomic E-state index is 3.83. The summed E-state index contributed by atoms with van der Waals surface area (Å²) in [4.78, 5) is 0. The molecular weight excluding hydrogens is 230 g/mol. The Hall–Kier alpha value is -0.0400. The molecule has 3 fully saturated rings. The van der Waals surface area contributed by atoms with E-state index < -0.39 is 0 Å². The maximum absolute atomic E-state index is 3.83. The summed E-state index contributed by atoms with van der Waals surface area (Å²) in [5.41, 5.74) is 0.692. The third kappa shape index (κ3) is 2.73. The van der Waals surface area contributed by atoms with Gasteiger partial charge in [-0.3, -0.25) is 0 Å². The lowest BCUT2D eigenvalue weighted by atomic mass is 9.62. The minimum atomic E-state index is 0.654. The van der Waals surface area contributed by atoms with Gasteiger partial charge in [-0.2, -0.15) is 0 Å². The van der Waals surface area contributed by atoms with Crippen molar-refractivity contribution in [3.63, 3.8) is 0 Å². The van der Waals surface area contributed by atoms with E-state index in [1.807, 2.05) is 0 Å². The van der Waals surface area contributed by atoms with Crippen molar-refractivity contribution in [3.05, 3.63) is 0 Å². The molecule has 1 heteroatoms. The Kier molecular flexibility index (Phi) is 4.22. The molecule has 3 aliphatic rings. The molecule has 0 saturated heterocycles. The molecule has 0 aromatic heterocycles. The molecule has 3 aliphatic carbocycles. The molecule has 0 heterocycles. The van der Waals surface area contributed by atoms with Crippen molar-refractivity contribution in [3.8, 4) is 0 Å². The van der Waals surface area contributed by atoms with Crippen molar-refractivity contribution in [2.75, 3.05) is 6.54 Å². The number of fused-ring (bicyclic) bond motifs is 2. The van der Waals surface area contributed by atoms with Crippen molar-refractivity contribution in [2.24, 2.45) is 23.2 Å². The zero-order valence-electron chi connectivity index (χ0n) is 13.1. The molecule has 0 spiro atoms. The normalized spacial score (nSPS) is 39.9. The van der Waals surface area contributed by atoms with E-state index in [9.17, 15) is 0 Å². The minimum absolute atomic E-state index is 0.654. The van der Waals surface area contributed by atoms with Gasteiger partial charge in [-0.05, 0) is 55.3 Å². The number of hydrogen-bond donors (Lipinski definition) is 1. The van der Waals surface area contributed by atoms with Gasteiger partial charge in [0, 0.05) is 12.6 Å². The molecule has 19 heavy (non-hydrogen) atoms. The van der Waals surface area contributed by atoms with E-state index >= 15 is 0 Å². The van der Waals surface area contributed by atoms with E-state index in [1.54, 1.807) is 25.7 Å². The molecule has 110 valence electrons. The molecule has 0 aromatic carbocycles. The van der Waals surface area contributed by atoms with Crippen LogP contribution in [0.1, 0.15) is 78.1 Å². The van der Waals surface area contributed by atoms with E-state index in [2.05, 4.69) is 19.2 Å². The van der Waals surface area contributed by atoms with Gasteiger partial charge in [0.1, 0.15) is 0 Å². The second-order valence-electron chi connectivity index (χ2n) is 8.04. The van der Waals surface area contributed by atoms with E-state index in [-0.39, 0.29) is 0 Å². The highest BCUT2D eigenvalue weighted by atomic mass is 14.9. The topological polar surface area (TPSA) is 12.0 Å². The monoisotopic (exact) mass is 263 g/mol. The third-order valence-electron chi connectivity index (χ3n) is 6.53. The summed E-state index contributed by atoms with van der Waals surface area (Å²) in [6, 6.07) is 0.654. The molecule has 3 unspecified atom stereocenters. The summed E-state index contributed by atoms with van der Waals surface area (Å²) in [6.45, 7) is 5.94. The molecule has 0 aliphatic heterocycles. The van der Waals surface area contributed by atoms with Crippen molar-refractivity contribution in [1.82, 2.24) is 5.32 Å². The molecule has 3 saturated carbocycles. The molecule has 0 radical (unpaired) electrons. The van der Waals surface area contributed by atoms with Crippen LogP contribution in [0, 0.1) is 23.2 Å². The average Bonchev–Trinajstić information content (AvgIpc) is 2.88. The van der Waals surface area contributed by atoms with E-state index in [0.717, 1.165) is 17.8 Å². The molecule has 1 nitrogen and oxygen atoms in total. The van der Waals surface area contributed by atoms with Crippen LogP contribution < -0.4 is 5.32 Å². The number of rotatable bonds is 4. The molecular formula is C18H33N. The Labute approximate surface area is 119 Å². The van der Waals surface area contributed by atoms with Crippen LogP contribution in [0.5, 0.6) is 0 Å². The van der Waals surface area contributed by atoms with E-state index in [0.29, 0.717) is 11.5 Å². The van der Waals surface area contributed by atoms with Crippen LogP contribution in [0.3, 0.4) is 0 Å². The van der Waals surface area contributed by atoms with Crippen LogP contribution in [-0.2, 0) is 0 Å². The fraction of sp³-hybridized carbons (Fsp3) is 1.00. The first-order chi connectivity index (χ1) is 9.21. The lowest BCUT2D eigenvalue weighted by molar-refractivity contribution is 0.0597. The van der Waals surface area contributed by atoms with Crippen molar-refractivity contribution >= 4 is 0 Å². The predicted octanol–water partition coefficient (Wildman–Crippen LogP) is 4.76. The Morgan fingerprint density at radius 2 is 1.68 bits per heavy atom. The second-order valence-corrected chi connectivity index (χ2v) is 8.04. The highest BCUT2D eigenvalue weighted by Crippen LogP contribution is 2.61. The van der Waals surface area contributed by atoms with Crippen LogP contribution >= 0.6 is 0 Å². The molecule has 1 N–H and O–H groups in total. The van der Waals surface area contributed by atoms with E-state index in [4.69, 9.17) is 0 Å². The van der Waals surface area contributed by atoms with Gasteiger partial charge < -0.3 is 5.32 Å². The highest BCUT2D eigenvalue weighted by Gasteiger charge is 2.53. The van der Waals surface area contributed by atoms with Crippen LogP contribution in [-0.4, -0.2) is 12.6 Å². The summed E-state index contributed by atoms with van der Waals surface area (Å²) in [5.74, 6) is 3.19. The summed E-state index contributed by atoms with van der Waals surface area (Å²) < 4.78 is 0. The lowest BCUT2D eigenvalue weighted by Crippen LogP contribution is -2.46. The predicted molar refractivity (Wildman–Crippen MR) is 82.2 cm³/mol. The average molecular weight is 263 g/mol. The summed E-state index contributed by atoms with van der Waals surface area (Å²) >= 11 is 0. The van der Waals surface area contributed by atoms with Crippen molar-refractivity contribution in [1.29, 1.82) is 0 Å². The highest BCUT2D eigenvalue weighted by molar-refractivity contribution is 5.04. The summed E-state index contributed by atoms with van der Waals surface area (Å²) in [5, 5.41) is 3.83. The maximum Gasteiger partial charge on any atom is 0.00156 e. The van der Waals surface area contributed by atoms with Crippen molar-refractivity contribution in [2.45, 2.75) is 84.1 Å².